The van der Waals surface area contributed by atoms with Gasteiger partial charge in [-0.25, -0.2) is 0 Å². The van der Waals surface area contributed by atoms with Gasteiger partial charge in [0.05, 0.1) is 12.7 Å². The highest BCUT2D eigenvalue weighted by Crippen LogP contribution is 2.30. The van der Waals surface area contributed by atoms with Crippen LogP contribution in [-0.4, -0.2) is 18.5 Å². The minimum atomic E-state index is 0.449. The Balaban J connectivity index is 2.26. The molecule has 1 aliphatic rings. The van der Waals surface area contributed by atoms with E-state index in [1.807, 2.05) is 0 Å². The Morgan fingerprint density at radius 3 is 2.36 bits per heavy atom. The van der Waals surface area contributed by atoms with Crippen LogP contribution in [0.15, 0.2) is 12.2 Å². The van der Waals surface area contributed by atoms with Gasteiger partial charge in [-0.15, -0.1) is 0 Å². The number of hydrogen-bond acceptors (Lipinski definition) is 2. The van der Waals surface area contributed by atoms with Crippen LogP contribution in [0.5, 0.6) is 0 Å². The second-order valence-corrected chi connectivity index (χ2v) is 5.07. The maximum absolute atomic E-state index is 5.83. The fraction of sp³-hybridized carbons (Fsp3) is 0.833. The van der Waals surface area contributed by atoms with Crippen LogP contribution in [-0.2, 0) is 4.74 Å². The lowest BCUT2D eigenvalue weighted by Gasteiger charge is -2.31. The topological polar surface area (TPSA) is 9.23 Å². The molecule has 0 spiro atoms. The Labute approximate surface area is 93.3 Å². The molecule has 0 saturated heterocycles. The van der Waals surface area contributed by atoms with Gasteiger partial charge in [0.15, 0.2) is 0 Å². The van der Waals surface area contributed by atoms with E-state index < -0.39 is 0 Å². The van der Waals surface area contributed by atoms with Crippen molar-refractivity contribution < 1.29 is 4.74 Å². The maximum atomic E-state index is 5.83. The SMILES string of the molecule is C=C(CS)COC1CC(C)CC(C)C1. The molecule has 1 nitrogen and oxygen atoms in total. The molecule has 0 aromatic rings. The molecule has 2 heteroatoms. The molecule has 1 aliphatic carbocycles. The summed E-state index contributed by atoms with van der Waals surface area (Å²) in [4.78, 5) is 0. The first-order valence-corrected chi connectivity index (χ1v) is 6.14. The molecule has 0 aromatic carbocycles. The van der Waals surface area contributed by atoms with Crippen LogP contribution < -0.4 is 0 Å². The zero-order valence-electron chi connectivity index (χ0n) is 9.33. The highest BCUT2D eigenvalue weighted by Gasteiger charge is 2.24. The summed E-state index contributed by atoms with van der Waals surface area (Å²) in [5.74, 6) is 2.36. The van der Waals surface area contributed by atoms with Crippen molar-refractivity contribution in [1.29, 1.82) is 0 Å². The Kier molecular flexibility index (Phi) is 5.04. The Morgan fingerprint density at radius 2 is 1.86 bits per heavy atom. The summed E-state index contributed by atoms with van der Waals surface area (Å²) in [5, 5.41) is 0. The zero-order valence-corrected chi connectivity index (χ0v) is 10.2. The van der Waals surface area contributed by atoms with Crippen LogP contribution in [0.25, 0.3) is 0 Å². The van der Waals surface area contributed by atoms with Crippen molar-refractivity contribution in [2.75, 3.05) is 12.4 Å². The van der Waals surface area contributed by atoms with E-state index in [9.17, 15) is 0 Å². The molecule has 1 fully saturated rings. The van der Waals surface area contributed by atoms with Gasteiger partial charge in [0.2, 0.25) is 0 Å². The van der Waals surface area contributed by atoms with Gasteiger partial charge in [0.25, 0.3) is 0 Å². The molecule has 1 rings (SSSR count). The summed E-state index contributed by atoms with van der Waals surface area (Å²) >= 11 is 4.17. The van der Waals surface area contributed by atoms with E-state index in [2.05, 4.69) is 33.1 Å². The van der Waals surface area contributed by atoms with Gasteiger partial charge >= 0.3 is 0 Å². The van der Waals surface area contributed by atoms with E-state index in [0.717, 1.165) is 23.2 Å². The average molecular weight is 214 g/mol. The van der Waals surface area contributed by atoms with Gasteiger partial charge in [0.1, 0.15) is 0 Å². The van der Waals surface area contributed by atoms with E-state index in [-0.39, 0.29) is 0 Å². The van der Waals surface area contributed by atoms with Crippen molar-refractivity contribution in [2.45, 2.75) is 39.2 Å². The fourth-order valence-corrected chi connectivity index (χ4v) is 2.38. The Bertz CT molecular complexity index is 181. The molecule has 0 radical (unpaired) electrons. The van der Waals surface area contributed by atoms with Crippen LogP contribution in [0.4, 0.5) is 0 Å². The quantitative estimate of drug-likeness (QED) is 0.558. The van der Waals surface area contributed by atoms with Crippen LogP contribution in [0.2, 0.25) is 0 Å². The third kappa shape index (κ3) is 4.05. The summed E-state index contributed by atoms with van der Waals surface area (Å²) in [6.07, 6.45) is 4.23. The molecule has 0 aromatic heterocycles. The molecular formula is C12H22OS. The van der Waals surface area contributed by atoms with Crippen molar-refractivity contribution in [2.24, 2.45) is 11.8 Å². The molecule has 0 aliphatic heterocycles. The summed E-state index contributed by atoms with van der Waals surface area (Å²) in [7, 11) is 0. The highest BCUT2D eigenvalue weighted by atomic mass is 32.1. The third-order valence-corrected chi connectivity index (χ3v) is 3.33. The largest absolute Gasteiger partial charge is 0.374 e. The lowest BCUT2D eigenvalue weighted by atomic mass is 9.82. The van der Waals surface area contributed by atoms with Gasteiger partial charge in [-0.05, 0) is 36.7 Å². The van der Waals surface area contributed by atoms with E-state index in [4.69, 9.17) is 4.74 Å². The molecule has 0 heterocycles. The number of rotatable bonds is 4. The Hall–Kier alpha value is 0.0500. The zero-order chi connectivity index (χ0) is 10.6. The summed E-state index contributed by atoms with van der Waals surface area (Å²) in [6.45, 7) is 9.22. The summed E-state index contributed by atoms with van der Waals surface area (Å²) < 4.78 is 5.83. The molecule has 82 valence electrons. The predicted molar refractivity (Wildman–Crippen MR) is 64.9 cm³/mol. The van der Waals surface area contributed by atoms with Gasteiger partial charge in [-0.2, -0.15) is 12.6 Å². The number of ether oxygens (including phenoxy) is 1. The third-order valence-electron chi connectivity index (χ3n) is 2.88. The van der Waals surface area contributed by atoms with E-state index in [0.29, 0.717) is 12.7 Å². The van der Waals surface area contributed by atoms with Gasteiger partial charge in [0, 0.05) is 5.75 Å². The second kappa shape index (κ2) is 5.82. The lowest BCUT2D eigenvalue weighted by molar-refractivity contribution is 0.0129. The first-order valence-electron chi connectivity index (χ1n) is 5.51. The van der Waals surface area contributed by atoms with Gasteiger partial charge in [-0.1, -0.05) is 20.4 Å². The van der Waals surface area contributed by atoms with E-state index >= 15 is 0 Å². The minimum absolute atomic E-state index is 0.449. The van der Waals surface area contributed by atoms with Gasteiger partial charge in [-0.3, -0.25) is 0 Å². The first-order chi connectivity index (χ1) is 6.61. The van der Waals surface area contributed by atoms with E-state index in [1.165, 1.54) is 19.3 Å². The molecule has 0 amide bonds. The van der Waals surface area contributed by atoms with Crippen LogP contribution in [0.1, 0.15) is 33.1 Å². The van der Waals surface area contributed by atoms with E-state index in [1.54, 1.807) is 0 Å². The maximum Gasteiger partial charge on any atom is 0.0685 e. The second-order valence-electron chi connectivity index (χ2n) is 4.76. The van der Waals surface area contributed by atoms with Crippen LogP contribution in [0, 0.1) is 11.8 Å². The highest BCUT2D eigenvalue weighted by molar-refractivity contribution is 7.80. The van der Waals surface area contributed by atoms with Crippen LogP contribution in [0.3, 0.4) is 0 Å². The molecule has 0 bridgehead atoms. The fourth-order valence-electron chi connectivity index (χ4n) is 2.29. The monoisotopic (exact) mass is 214 g/mol. The van der Waals surface area contributed by atoms with Crippen molar-refractivity contribution in [3.8, 4) is 0 Å². The number of hydrogen-bond donors (Lipinski definition) is 1. The first kappa shape index (κ1) is 12.1. The molecule has 2 atom stereocenters. The minimum Gasteiger partial charge on any atom is -0.374 e. The van der Waals surface area contributed by atoms with Crippen molar-refractivity contribution in [3.63, 3.8) is 0 Å². The molecule has 2 unspecified atom stereocenters. The lowest BCUT2D eigenvalue weighted by Crippen LogP contribution is -2.26. The molecule has 14 heavy (non-hydrogen) atoms. The van der Waals surface area contributed by atoms with Crippen molar-refractivity contribution >= 4 is 12.6 Å². The van der Waals surface area contributed by atoms with Crippen LogP contribution >= 0.6 is 12.6 Å². The standard InChI is InChI=1S/C12H22OS/c1-9-4-10(2)6-12(5-9)13-7-11(3)8-14/h9-10,12,14H,3-8H2,1-2H3. The number of thiol groups is 1. The predicted octanol–water partition coefficient (Wildman–Crippen LogP) is 3.31. The average Bonchev–Trinajstić information content (AvgIpc) is 2.12. The Morgan fingerprint density at radius 1 is 1.29 bits per heavy atom. The normalized spacial score (nSPS) is 32.9. The smallest absolute Gasteiger partial charge is 0.0685 e. The summed E-state index contributed by atoms with van der Waals surface area (Å²) in [6, 6.07) is 0. The van der Waals surface area contributed by atoms with Gasteiger partial charge < -0.3 is 4.74 Å². The van der Waals surface area contributed by atoms with Crippen molar-refractivity contribution in [1.82, 2.24) is 0 Å². The molecule has 0 N–H and O–H groups in total. The van der Waals surface area contributed by atoms with Crippen molar-refractivity contribution in [3.05, 3.63) is 12.2 Å². The molecule has 1 saturated carbocycles. The summed E-state index contributed by atoms with van der Waals surface area (Å²) in [5.41, 5.74) is 1.08. The molecular weight excluding hydrogens is 192 g/mol.